The molecule has 4 nitrogen and oxygen atoms in total. The Hall–Kier alpha value is -2.09. The van der Waals surface area contributed by atoms with Crippen molar-refractivity contribution in [3.63, 3.8) is 0 Å². The van der Waals surface area contributed by atoms with Crippen LogP contribution in [0.4, 0.5) is 4.39 Å². The molecule has 1 aromatic heterocycles. The van der Waals surface area contributed by atoms with Gasteiger partial charge in [-0.2, -0.15) is 0 Å². The van der Waals surface area contributed by atoms with E-state index >= 15 is 0 Å². The fourth-order valence-corrected chi connectivity index (χ4v) is 5.21. The van der Waals surface area contributed by atoms with Crippen LogP contribution in [0, 0.1) is 5.82 Å². The van der Waals surface area contributed by atoms with E-state index in [2.05, 4.69) is 4.98 Å². The normalized spacial score (nSPS) is 15.3. The van der Waals surface area contributed by atoms with Crippen LogP contribution in [0.3, 0.4) is 0 Å². The van der Waals surface area contributed by atoms with Crippen molar-refractivity contribution in [3.05, 3.63) is 81.0 Å². The number of thioether (sulfide) groups is 2. The van der Waals surface area contributed by atoms with Gasteiger partial charge in [-0.25, -0.2) is 9.37 Å². The number of nitrogens with zero attached hydrogens (tertiary/aromatic N) is 2. The van der Waals surface area contributed by atoms with Crippen LogP contribution >= 0.6 is 35.1 Å². The van der Waals surface area contributed by atoms with Crippen molar-refractivity contribution in [3.8, 4) is 5.69 Å². The van der Waals surface area contributed by atoms with E-state index in [1.165, 1.54) is 40.2 Å². The molecule has 0 spiro atoms. The molecule has 8 heteroatoms. The highest BCUT2D eigenvalue weighted by Gasteiger charge is 2.27. The number of Topliss-reactive ketones (excluding diaryl/α,β-unsaturated/α-hetero) is 1. The predicted octanol–water partition coefficient (Wildman–Crippen LogP) is 5.04. The fourth-order valence-electron chi connectivity index (χ4n) is 3.06. The number of benzene rings is 2. The lowest BCUT2D eigenvalue weighted by Gasteiger charge is -2.13. The molecule has 1 aliphatic rings. The summed E-state index contributed by atoms with van der Waals surface area (Å²) in [6, 6.07) is 12.4. The lowest BCUT2D eigenvalue weighted by Crippen LogP contribution is -2.24. The Bertz CT molecular complexity index is 1130. The number of fused-ring (bicyclic) bond motifs is 1. The zero-order chi connectivity index (χ0) is 20.5. The van der Waals surface area contributed by atoms with E-state index in [0.29, 0.717) is 32.7 Å². The summed E-state index contributed by atoms with van der Waals surface area (Å²) in [5.41, 5.74) is 1.64. The monoisotopic (exact) mass is 446 g/mol. The SMILES string of the molecule is CC1Cc2nc(SCC(=O)c3ccc(Cl)cc3)n(-c3ccc(F)cc3)c(=O)c2S1. The Kier molecular flexibility index (Phi) is 5.81. The van der Waals surface area contributed by atoms with Crippen molar-refractivity contribution in [2.24, 2.45) is 0 Å². The maximum Gasteiger partial charge on any atom is 0.272 e. The van der Waals surface area contributed by atoms with Crippen LogP contribution in [0.15, 0.2) is 63.4 Å². The molecule has 0 bridgehead atoms. The number of rotatable bonds is 5. The molecular formula is C21H16ClFN2O2S2. The van der Waals surface area contributed by atoms with Gasteiger partial charge in [-0.1, -0.05) is 30.3 Å². The van der Waals surface area contributed by atoms with Gasteiger partial charge in [0.2, 0.25) is 0 Å². The average Bonchev–Trinajstić information content (AvgIpc) is 3.08. The van der Waals surface area contributed by atoms with Gasteiger partial charge in [-0.15, -0.1) is 11.8 Å². The Labute approximate surface area is 180 Å². The van der Waals surface area contributed by atoms with Crippen molar-refractivity contribution in [2.45, 2.75) is 28.6 Å². The third-order valence-electron chi connectivity index (χ3n) is 4.46. The van der Waals surface area contributed by atoms with Crippen molar-refractivity contribution in [1.29, 1.82) is 0 Å². The maximum atomic E-state index is 13.4. The number of aromatic nitrogens is 2. The molecule has 0 amide bonds. The third-order valence-corrected chi connectivity index (χ3v) is 6.87. The number of carbonyl (C=O) groups excluding carboxylic acids is 1. The second kappa shape index (κ2) is 8.34. The summed E-state index contributed by atoms with van der Waals surface area (Å²) in [7, 11) is 0. The van der Waals surface area contributed by atoms with Crippen LogP contribution in [0.1, 0.15) is 23.0 Å². The summed E-state index contributed by atoms with van der Waals surface area (Å²) in [5, 5.41) is 1.26. The maximum absolute atomic E-state index is 13.4. The Balaban J connectivity index is 1.70. The molecule has 1 aliphatic heterocycles. The lowest BCUT2D eigenvalue weighted by atomic mass is 10.1. The lowest BCUT2D eigenvalue weighted by molar-refractivity contribution is 0.102. The van der Waals surface area contributed by atoms with Gasteiger partial charge < -0.3 is 0 Å². The summed E-state index contributed by atoms with van der Waals surface area (Å²) in [6.07, 6.45) is 0.707. The minimum Gasteiger partial charge on any atom is -0.293 e. The number of ketones is 1. The molecule has 148 valence electrons. The van der Waals surface area contributed by atoms with Crippen LogP contribution < -0.4 is 5.56 Å². The second-order valence-electron chi connectivity index (χ2n) is 6.64. The van der Waals surface area contributed by atoms with Gasteiger partial charge in [0.25, 0.3) is 5.56 Å². The number of carbonyl (C=O) groups is 1. The van der Waals surface area contributed by atoms with Gasteiger partial charge in [0, 0.05) is 22.3 Å². The first-order valence-electron chi connectivity index (χ1n) is 8.92. The zero-order valence-corrected chi connectivity index (χ0v) is 17.8. The van der Waals surface area contributed by atoms with Gasteiger partial charge in [-0.05, 0) is 48.5 Å². The van der Waals surface area contributed by atoms with Gasteiger partial charge in [-0.3, -0.25) is 14.2 Å². The highest BCUT2D eigenvalue weighted by atomic mass is 35.5. The molecule has 4 rings (SSSR count). The first kappa shape index (κ1) is 20.2. The minimum atomic E-state index is -0.383. The average molecular weight is 447 g/mol. The highest BCUT2D eigenvalue weighted by Crippen LogP contribution is 2.35. The third kappa shape index (κ3) is 4.27. The van der Waals surface area contributed by atoms with E-state index in [-0.39, 0.29) is 28.2 Å². The van der Waals surface area contributed by atoms with Gasteiger partial charge >= 0.3 is 0 Å². The van der Waals surface area contributed by atoms with E-state index in [1.54, 1.807) is 36.4 Å². The molecule has 2 aromatic carbocycles. The molecule has 0 saturated heterocycles. The topological polar surface area (TPSA) is 52.0 Å². The molecule has 1 atom stereocenters. The summed E-state index contributed by atoms with van der Waals surface area (Å²) < 4.78 is 14.8. The van der Waals surface area contributed by atoms with Crippen LogP contribution in [-0.2, 0) is 6.42 Å². The van der Waals surface area contributed by atoms with Crippen molar-refractivity contribution >= 4 is 40.9 Å². The predicted molar refractivity (Wildman–Crippen MR) is 115 cm³/mol. The summed E-state index contributed by atoms with van der Waals surface area (Å²) in [5.74, 6) is -0.350. The van der Waals surface area contributed by atoms with E-state index < -0.39 is 0 Å². The first-order chi connectivity index (χ1) is 13.9. The van der Waals surface area contributed by atoms with Gasteiger partial charge in [0.05, 0.1) is 22.0 Å². The van der Waals surface area contributed by atoms with Crippen molar-refractivity contribution < 1.29 is 9.18 Å². The molecule has 0 fully saturated rings. The Morgan fingerprint density at radius 2 is 1.93 bits per heavy atom. The molecule has 1 unspecified atom stereocenters. The highest BCUT2D eigenvalue weighted by molar-refractivity contribution is 8.00. The number of halogens is 2. The summed E-state index contributed by atoms with van der Waals surface area (Å²) in [4.78, 5) is 31.0. The van der Waals surface area contributed by atoms with Gasteiger partial charge in [0.1, 0.15) is 5.82 Å². The zero-order valence-electron chi connectivity index (χ0n) is 15.4. The first-order valence-corrected chi connectivity index (χ1v) is 11.2. The van der Waals surface area contributed by atoms with Crippen LogP contribution in [-0.4, -0.2) is 26.3 Å². The quantitative estimate of drug-likeness (QED) is 0.312. The minimum absolute atomic E-state index is 0.0881. The van der Waals surface area contributed by atoms with Crippen molar-refractivity contribution in [2.75, 3.05) is 5.75 Å². The molecule has 2 heterocycles. The van der Waals surface area contributed by atoms with Gasteiger partial charge in [0.15, 0.2) is 10.9 Å². The number of hydrogen-bond donors (Lipinski definition) is 0. The summed E-state index contributed by atoms with van der Waals surface area (Å²) >= 11 is 8.58. The van der Waals surface area contributed by atoms with E-state index in [1.807, 2.05) is 6.92 Å². The fraction of sp³-hybridized carbons (Fsp3) is 0.190. The molecule has 0 aliphatic carbocycles. The van der Waals surface area contributed by atoms with E-state index in [4.69, 9.17) is 11.6 Å². The molecule has 0 radical (unpaired) electrons. The standard InChI is InChI=1S/C21H16ClFN2O2S2/c1-12-10-17-19(29-12)20(27)25(16-8-6-15(23)7-9-16)21(24-17)28-11-18(26)13-2-4-14(22)5-3-13/h2-9,12H,10-11H2,1H3. The molecular weight excluding hydrogens is 431 g/mol. The van der Waals surface area contributed by atoms with E-state index in [9.17, 15) is 14.0 Å². The largest absolute Gasteiger partial charge is 0.293 e. The second-order valence-corrected chi connectivity index (χ2v) is 9.47. The Morgan fingerprint density at radius 1 is 1.24 bits per heavy atom. The van der Waals surface area contributed by atoms with Crippen molar-refractivity contribution in [1.82, 2.24) is 9.55 Å². The number of hydrogen-bond acceptors (Lipinski definition) is 5. The van der Waals surface area contributed by atoms with Crippen LogP contribution in [0.2, 0.25) is 5.02 Å². The molecule has 29 heavy (non-hydrogen) atoms. The molecule has 0 N–H and O–H groups in total. The summed E-state index contributed by atoms with van der Waals surface area (Å²) in [6.45, 7) is 2.05. The Morgan fingerprint density at radius 3 is 2.62 bits per heavy atom. The smallest absolute Gasteiger partial charge is 0.272 e. The van der Waals surface area contributed by atoms with Crippen LogP contribution in [0.25, 0.3) is 5.69 Å². The molecule has 0 saturated carbocycles. The van der Waals surface area contributed by atoms with Crippen LogP contribution in [0.5, 0.6) is 0 Å². The van der Waals surface area contributed by atoms with E-state index in [0.717, 1.165) is 5.69 Å². The molecule has 3 aromatic rings.